The molecule has 0 aliphatic carbocycles. The quantitative estimate of drug-likeness (QED) is 0.843. The summed E-state index contributed by atoms with van der Waals surface area (Å²) in [6.07, 6.45) is 1.34. The van der Waals surface area contributed by atoms with Gasteiger partial charge in [-0.25, -0.2) is 4.98 Å². The molecule has 5 nitrogen and oxygen atoms in total. The Bertz CT molecular complexity index is 790. The standard InChI is InChI=1S/C17H18ClN3O2S/c1-3-16(23)21-10(2)6-12-7-11(4-5-14(12)21)13-9-24-17(19-13)20-15(22)8-18/h4-5,7,9-10H,3,6,8H2,1-2H3,(H,19,20,22)/t10-/m1/s1. The predicted octanol–water partition coefficient (Wildman–Crippen LogP) is 3.68. The highest BCUT2D eigenvalue weighted by atomic mass is 35.5. The van der Waals surface area contributed by atoms with Crippen molar-refractivity contribution in [2.75, 3.05) is 16.1 Å². The maximum atomic E-state index is 12.1. The first-order chi connectivity index (χ1) is 11.5. The van der Waals surface area contributed by atoms with Crippen molar-refractivity contribution in [3.8, 4) is 11.3 Å². The predicted molar refractivity (Wildman–Crippen MR) is 97.8 cm³/mol. The van der Waals surface area contributed by atoms with Gasteiger partial charge in [-0.3, -0.25) is 9.59 Å². The van der Waals surface area contributed by atoms with Crippen LogP contribution in [-0.2, 0) is 16.0 Å². The third-order valence-corrected chi connectivity index (χ3v) is 5.03. The van der Waals surface area contributed by atoms with Crippen LogP contribution in [-0.4, -0.2) is 28.7 Å². The number of hydrogen-bond acceptors (Lipinski definition) is 4. The SMILES string of the molecule is CCC(=O)N1c2ccc(-c3csc(NC(=O)CCl)n3)cc2C[C@H]1C. The highest BCUT2D eigenvalue weighted by molar-refractivity contribution is 7.14. The number of nitrogens with zero attached hydrogens (tertiary/aromatic N) is 2. The second kappa shape index (κ2) is 6.91. The number of thiazole rings is 1. The number of hydrogen-bond donors (Lipinski definition) is 1. The number of fused-ring (bicyclic) bond motifs is 1. The fourth-order valence-corrected chi connectivity index (χ4v) is 3.76. The zero-order chi connectivity index (χ0) is 17.3. The van der Waals surface area contributed by atoms with Crippen LogP contribution in [0.3, 0.4) is 0 Å². The fourth-order valence-electron chi connectivity index (χ4n) is 2.96. The van der Waals surface area contributed by atoms with Crippen LogP contribution in [0.15, 0.2) is 23.6 Å². The Balaban J connectivity index is 1.86. The molecule has 0 saturated heterocycles. The number of halogens is 1. The third-order valence-electron chi connectivity index (χ3n) is 4.03. The first-order valence-electron chi connectivity index (χ1n) is 7.80. The van der Waals surface area contributed by atoms with Gasteiger partial charge in [0, 0.05) is 29.1 Å². The van der Waals surface area contributed by atoms with E-state index >= 15 is 0 Å². The average Bonchev–Trinajstić information content (AvgIpc) is 3.16. The summed E-state index contributed by atoms with van der Waals surface area (Å²) in [4.78, 5) is 29.8. The number of alkyl halides is 1. The van der Waals surface area contributed by atoms with Crippen LogP contribution in [0.5, 0.6) is 0 Å². The molecule has 2 heterocycles. The molecule has 1 atom stereocenters. The zero-order valence-corrected chi connectivity index (χ0v) is 15.1. The lowest BCUT2D eigenvalue weighted by atomic mass is 10.1. The molecular weight excluding hydrogens is 346 g/mol. The number of aromatic nitrogens is 1. The van der Waals surface area contributed by atoms with E-state index in [1.165, 1.54) is 11.3 Å². The van der Waals surface area contributed by atoms with Crippen LogP contribution >= 0.6 is 22.9 Å². The molecule has 3 rings (SSSR count). The number of amides is 2. The van der Waals surface area contributed by atoms with Crippen molar-refractivity contribution in [1.29, 1.82) is 0 Å². The number of carbonyl (C=O) groups is 2. The van der Waals surface area contributed by atoms with Gasteiger partial charge in [-0.1, -0.05) is 13.0 Å². The molecule has 0 bridgehead atoms. The van der Waals surface area contributed by atoms with E-state index in [1.54, 1.807) is 0 Å². The Morgan fingerprint density at radius 1 is 1.46 bits per heavy atom. The summed E-state index contributed by atoms with van der Waals surface area (Å²) >= 11 is 6.85. The van der Waals surface area contributed by atoms with Crippen molar-refractivity contribution in [3.05, 3.63) is 29.1 Å². The Morgan fingerprint density at radius 3 is 2.96 bits per heavy atom. The van der Waals surface area contributed by atoms with Crippen molar-refractivity contribution >= 4 is 45.6 Å². The van der Waals surface area contributed by atoms with E-state index in [-0.39, 0.29) is 23.7 Å². The molecule has 0 radical (unpaired) electrons. The molecule has 0 spiro atoms. The average molecular weight is 364 g/mol. The normalized spacial score (nSPS) is 16.1. The molecule has 0 fully saturated rings. The molecule has 24 heavy (non-hydrogen) atoms. The Hall–Kier alpha value is -1.92. The first kappa shape index (κ1) is 16.9. The van der Waals surface area contributed by atoms with Gasteiger partial charge in [0.2, 0.25) is 11.8 Å². The summed E-state index contributed by atoms with van der Waals surface area (Å²) in [5.74, 6) is -0.213. The number of rotatable bonds is 4. The van der Waals surface area contributed by atoms with E-state index in [1.807, 2.05) is 29.3 Å². The molecule has 0 unspecified atom stereocenters. The molecule has 1 N–H and O–H groups in total. The van der Waals surface area contributed by atoms with Crippen molar-refractivity contribution in [2.45, 2.75) is 32.7 Å². The van der Waals surface area contributed by atoms with E-state index in [0.717, 1.165) is 28.9 Å². The van der Waals surface area contributed by atoms with Gasteiger partial charge in [-0.05, 0) is 31.0 Å². The van der Waals surface area contributed by atoms with Crippen LogP contribution in [0.2, 0.25) is 0 Å². The van der Waals surface area contributed by atoms with Crippen molar-refractivity contribution in [1.82, 2.24) is 4.98 Å². The molecule has 7 heteroatoms. The molecule has 1 aromatic heterocycles. The van der Waals surface area contributed by atoms with Gasteiger partial charge in [-0.15, -0.1) is 22.9 Å². The van der Waals surface area contributed by atoms with Crippen LogP contribution in [0.4, 0.5) is 10.8 Å². The zero-order valence-electron chi connectivity index (χ0n) is 13.5. The van der Waals surface area contributed by atoms with E-state index in [9.17, 15) is 9.59 Å². The molecule has 2 amide bonds. The lowest BCUT2D eigenvalue weighted by Gasteiger charge is -2.22. The highest BCUT2D eigenvalue weighted by Crippen LogP contribution is 2.36. The lowest BCUT2D eigenvalue weighted by Crippen LogP contribution is -2.35. The van der Waals surface area contributed by atoms with Crippen LogP contribution in [0.1, 0.15) is 25.8 Å². The minimum absolute atomic E-state index is 0.0903. The van der Waals surface area contributed by atoms with Gasteiger partial charge < -0.3 is 10.2 Å². The molecule has 0 saturated carbocycles. The monoisotopic (exact) mass is 363 g/mol. The van der Waals surface area contributed by atoms with E-state index < -0.39 is 0 Å². The van der Waals surface area contributed by atoms with E-state index in [4.69, 9.17) is 11.6 Å². The van der Waals surface area contributed by atoms with Gasteiger partial charge >= 0.3 is 0 Å². The number of nitrogens with one attached hydrogen (secondary N) is 1. The molecule has 126 valence electrons. The molecule has 1 aliphatic rings. The molecule has 1 aliphatic heterocycles. The van der Waals surface area contributed by atoms with Gasteiger partial charge in [0.15, 0.2) is 5.13 Å². The number of benzene rings is 1. The van der Waals surface area contributed by atoms with E-state index in [0.29, 0.717) is 11.6 Å². The summed E-state index contributed by atoms with van der Waals surface area (Å²) in [5, 5.41) is 5.09. The maximum absolute atomic E-state index is 12.1. The Labute approximate surface area is 149 Å². The topological polar surface area (TPSA) is 62.3 Å². The second-order valence-electron chi connectivity index (χ2n) is 5.73. The summed E-state index contributed by atoms with van der Waals surface area (Å²) in [6.45, 7) is 3.95. The van der Waals surface area contributed by atoms with Crippen LogP contribution in [0.25, 0.3) is 11.3 Å². The fraction of sp³-hybridized carbons (Fsp3) is 0.353. The molecular formula is C17H18ClN3O2S. The largest absolute Gasteiger partial charge is 0.309 e. The number of anilines is 2. The summed E-state index contributed by atoms with van der Waals surface area (Å²) in [6, 6.07) is 6.21. The molecule has 1 aromatic carbocycles. The summed E-state index contributed by atoms with van der Waals surface area (Å²) in [7, 11) is 0. The van der Waals surface area contributed by atoms with Gasteiger partial charge in [0.1, 0.15) is 5.88 Å². The summed E-state index contributed by atoms with van der Waals surface area (Å²) in [5.41, 5.74) is 3.93. The minimum atomic E-state index is -0.269. The van der Waals surface area contributed by atoms with Gasteiger partial charge in [0.05, 0.1) is 5.69 Å². The highest BCUT2D eigenvalue weighted by Gasteiger charge is 2.30. The third kappa shape index (κ3) is 3.16. The van der Waals surface area contributed by atoms with E-state index in [2.05, 4.69) is 23.3 Å². The van der Waals surface area contributed by atoms with Crippen molar-refractivity contribution < 1.29 is 9.59 Å². The van der Waals surface area contributed by atoms with Crippen LogP contribution in [0, 0.1) is 0 Å². The lowest BCUT2D eigenvalue weighted by molar-refractivity contribution is -0.118. The minimum Gasteiger partial charge on any atom is -0.309 e. The van der Waals surface area contributed by atoms with Crippen LogP contribution < -0.4 is 10.2 Å². The van der Waals surface area contributed by atoms with Gasteiger partial charge in [-0.2, -0.15) is 0 Å². The number of carbonyl (C=O) groups excluding carboxylic acids is 2. The maximum Gasteiger partial charge on any atom is 0.241 e. The van der Waals surface area contributed by atoms with Crippen molar-refractivity contribution in [3.63, 3.8) is 0 Å². The molecule has 2 aromatic rings. The summed E-state index contributed by atoms with van der Waals surface area (Å²) < 4.78 is 0. The smallest absolute Gasteiger partial charge is 0.241 e. The first-order valence-corrected chi connectivity index (χ1v) is 9.21. The Kier molecular flexibility index (Phi) is 4.87. The Morgan fingerprint density at radius 2 is 2.25 bits per heavy atom. The van der Waals surface area contributed by atoms with Gasteiger partial charge in [0.25, 0.3) is 0 Å². The second-order valence-corrected chi connectivity index (χ2v) is 6.86. The van der Waals surface area contributed by atoms with Crippen molar-refractivity contribution in [2.24, 2.45) is 0 Å².